The molecule has 0 aromatic carbocycles. The Morgan fingerprint density at radius 1 is 1.38 bits per heavy atom. The van der Waals surface area contributed by atoms with E-state index >= 15 is 0 Å². The average Bonchev–Trinajstić information content (AvgIpc) is 2.37. The smallest absolute Gasteiger partial charge is 0.315 e. The van der Waals surface area contributed by atoms with Crippen LogP contribution in [0.5, 0.6) is 0 Å². The van der Waals surface area contributed by atoms with Crippen LogP contribution in [0.25, 0.3) is 0 Å². The molecule has 1 rings (SSSR count). The molecule has 0 aromatic heterocycles. The minimum absolute atomic E-state index is 0.0191. The second-order valence-electron chi connectivity index (χ2n) is 6.35. The average molecular weight is 298 g/mol. The maximum absolute atomic E-state index is 11.7. The molecular formula is C15H30N4O2. The van der Waals surface area contributed by atoms with Crippen molar-refractivity contribution in [3.05, 3.63) is 0 Å². The van der Waals surface area contributed by atoms with Crippen LogP contribution in [0.15, 0.2) is 0 Å². The number of amides is 3. The van der Waals surface area contributed by atoms with Crippen molar-refractivity contribution < 1.29 is 9.59 Å². The van der Waals surface area contributed by atoms with Crippen molar-refractivity contribution in [3.8, 4) is 0 Å². The topological polar surface area (TPSA) is 64.7 Å². The summed E-state index contributed by atoms with van der Waals surface area (Å²) >= 11 is 0. The van der Waals surface area contributed by atoms with Gasteiger partial charge in [0, 0.05) is 46.2 Å². The number of likely N-dealkylation sites (tertiary alicyclic amines) is 1. The lowest BCUT2D eigenvalue weighted by molar-refractivity contribution is -0.128. The number of rotatable bonds is 6. The molecule has 6 nitrogen and oxygen atoms in total. The summed E-state index contributed by atoms with van der Waals surface area (Å²) in [6.45, 7) is 7.79. The highest BCUT2D eigenvalue weighted by Gasteiger charge is 2.18. The number of hydrogen-bond donors (Lipinski definition) is 2. The molecule has 0 saturated carbocycles. The van der Waals surface area contributed by atoms with Crippen molar-refractivity contribution in [1.29, 1.82) is 0 Å². The van der Waals surface area contributed by atoms with Crippen LogP contribution in [0.2, 0.25) is 0 Å². The fraction of sp³-hybridized carbons (Fsp3) is 0.867. The van der Waals surface area contributed by atoms with Crippen LogP contribution in [-0.4, -0.2) is 68.1 Å². The Morgan fingerprint density at radius 2 is 2.10 bits per heavy atom. The first-order valence-electron chi connectivity index (χ1n) is 7.85. The lowest BCUT2D eigenvalue weighted by Gasteiger charge is -2.32. The van der Waals surface area contributed by atoms with Crippen molar-refractivity contribution in [2.24, 2.45) is 5.92 Å². The molecule has 6 heteroatoms. The van der Waals surface area contributed by atoms with Gasteiger partial charge in [0.1, 0.15) is 0 Å². The summed E-state index contributed by atoms with van der Waals surface area (Å²) in [4.78, 5) is 27.1. The standard InChI is InChI=1S/C15H30N4O2/c1-12-6-5-9-19(10-12)11-13(2)17-15(21)16-8-7-14(20)18(3)4/h12-13H,5-11H2,1-4H3,(H2,16,17,21). The molecule has 3 amide bonds. The Labute approximate surface area is 128 Å². The minimum Gasteiger partial charge on any atom is -0.349 e. The van der Waals surface area contributed by atoms with Gasteiger partial charge in [-0.2, -0.15) is 0 Å². The van der Waals surface area contributed by atoms with Crippen LogP contribution in [0.4, 0.5) is 4.79 Å². The largest absolute Gasteiger partial charge is 0.349 e. The van der Waals surface area contributed by atoms with Crippen molar-refractivity contribution in [2.75, 3.05) is 40.3 Å². The van der Waals surface area contributed by atoms with E-state index in [1.165, 1.54) is 17.7 Å². The second kappa shape index (κ2) is 8.87. The minimum atomic E-state index is -0.195. The summed E-state index contributed by atoms with van der Waals surface area (Å²) < 4.78 is 0. The van der Waals surface area contributed by atoms with Gasteiger partial charge < -0.3 is 20.4 Å². The molecule has 2 atom stereocenters. The first-order chi connectivity index (χ1) is 9.88. The van der Waals surface area contributed by atoms with Crippen molar-refractivity contribution >= 4 is 11.9 Å². The summed E-state index contributed by atoms with van der Waals surface area (Å²) in [5.41, 5.74) is 0. The third-order valence-electron chi connectivity index (χ3n) is 3.77. The van der Waals surface area contributed by atoms with E-state index in [4.69, 9.17) is 0 Å². The molecule has 1 heterocycles. The molecule has 0 aromatic rings. The van der Waals surface area contributed by atoms with E-state index in [1.807, 2.05) is 6.92 Å². The van der Waals surface area contributed by atoms with Gasteiger partial charge in [0.2, 0.25) is 5.91 Å². The molecule has 0 bridgehead atoms. The van der Waals surface area contributed by atoms with Gasteiger partial charge in [-0.15, -0.1) is 0 Å². The summed E-state index contributed by atoms with van der Waals surface area (Å²) in [5.74, 6) is 0.766. The van der Waals surface area contributed by atoms with Gasteiger partial charge in [-0.1, -0.05) is 6.92 Å². The van der Waals surface area contributed by atoms with Gasteiger partial charge in [-0.3, -0.25) is 4.79 Å². The molecular weight excluding hydrogens is 268 g/mol. The maximum atomic E-state index is 11.7. The van der Waals surface area contributed by atoms with Gasteiger partial charge in [0.05, 0.1) is 0 Å². The van der Waals surface area contributed by atoms with Crippen molar-refractivity contribution in [2.45, 2.75) is 39.2 Å². The third kappa shape index (κ3) is 7.32. The zero-order valence-corrected chi connectivity index (χ0v) is 13.8. The highest BCUT2D eigenvalue weighted by Crippen LogP contribution is 2.15. The first-order valence-corrected chi connectivity index (χ1v) is 7.85. The molecule has 1 aliphatic heterocycles. The molecule has 21 heavy (non-hydrogen) atoms. The number of nitrogens with zero attached hydrogens (tertiary/aromatic N) is 2. The zero-order chi connectivity index (χ0) is 15.8. The zero-order valence-electron chi connectivity index (χ0n) is 13.8. The van der Waals surface area contributed by atoms with Gasteiger partial charge in [-0.05, 0) is 32.2 Å². The number of nitrogens with one attached hydrogen (secondary N) is 2. The lowest BCUT2D eigenvalue weighted by Crippen LogP contribution is -2.48. The first kappa shape index (κ1) is 17.8. The summed E-state index contributed by atoms with van der Waals surface area (Å²) in [6.07, 6.45) is 2.88. The third-order valence-corrected chi connectivity index (χ3v) is 3.77. The SMILES string of the molecule is CC1CCCN(CC(C)NC(=O)NCCC(=O)N(C)C)C1. The van der Waals surface area contributed by atoms with E-state index in [0.717, 1.165) is 25.6 Å². The Bertz CT molecular complexity index is 347. The van der Waals surface area contributed by atoms with Crippen LogP contribution >= 0.6 is 0 Å². The molecule has 1 aliphatic rings. The maximum Gasteiger partial charge on any atom is 0.315 e. The van der Waals surface area contributed by atoms with Crippen molar-refractivity contribution in [3.63, 3.8) is 0 Å². The fourth-order valence-electron chi connectivity index (χ4n) is 2.67. The van der Waals surface area contributed by atoms with Crippen LogP contribution in [0.1, 0.15) is 33.1 Å². The van der Waals surface area contributed by atoms with E-state index in [-0.39, 0.29) is 18.0 Å². The predicted octanol–water partition coefficient (Wildman–Crippen LogP) is 0.884. The van der Waals surface area contributed by atoms with Crippen LogP contribution < -0.4 is 10.6 Å². The quantitative estimate of drug-likeness (QED) is 0.765. The normalized spacial score (nSPS) is 20.7. The lowest BCUT2D eigenvalue weighted by atomic mass is 10.00. The Hall–Kier alpha value is -1.30. The predicted molar refractivity (Wildman–Crippen MR) is 84.1 cm³/mol. The number of carbonyl (C=O) groups is 2. The molecule has 2 unspecified atom stereocenters. The molecule has 0 radical (unpaired) electrons. The Kier molecular flexibility index (Phi) is 7.50. The molecule has 0 aliphatic carbocycles. The van der Waals surface area contributed by atoms with Gasteiger partial charge in [-0.25, -0.2) is 4.79 Å². The van der Waals surface area contributed by atoms with Gasteiger partial charge in [0.15, 0.2) is 0 Å². The molecule has 122 valence electrons. The van der Waals surface area contributed by atoms with Crippen LogP contribution in [-0.2, 0) is 4.79 Å². The van der Waals surface area contributed by atoms with E-state index in [0.29, 0.717) is 13.0 Å². The van der Waals surface area contributed by atoms with E-state index in [9.17, 15) is 9.59 Å². The Balaban J connectivity index is 2.17. The summed E-state index contributed by atoms with van der Waals surface area (Å²) in [5, 5.41) is 5.66. The van der Waals surface area contributed by atoms with E-state index < -0.39 is 0 Å². The van der Waals surface area contributed by atoms with E-state index in [1.54, 1.807) is 14.1 Å². The van der Waals surface area contributed by atoms with Crippen molar-refractivity contribution in [1.82, 2.24) is 20.4 Å². The monoisotopic (exact) mass is 298 g/mol. The number of piperidine rings is 1. The Morgan fingerprint density at radius 3 is 2.71 bits per heavy atom. The summed E-state index contributed by atoms with van der Waals surface area (Å²) in [6, 6.07) is -0.0843. The molecule has 2 N–H and O–H groups in total. The van der Waals surface area contributed by atoms with Gasteiger partial charge >= 0.3 is 6.03 Å². The molecule has 1 fully saturated rings. The molecule has 0 spiro atoms. The number of carbonyl (C=O) groups excluding carboxylic acids is 2. The van der Waals surface area contributed by atoms with Crippen LogP contribution in [0.3, 0.4) is 0 Å². The number of hydrogen-bond acceptors (Lipinski definition) is 3. The van der Waals surface area contributed by atoms with Gasteiger partial charge in [0.25, 0.3) is 0 Å². The number of urea groups is 1. The van der Waals surface area contributed by atoms with Crippen LogP contribution in [0, 0.1) is 5.92 Å². The highest BCUT2D eigenvalue weighted by atomic mass is 16.2. The summed E-state index contributed by atoms with van der Waals surface area (Å²) in [7, 11) is 3.42. The highest BCUT2D eigenvalue weighted by molar-refractivity contribution is 5.78. The fourth-order valence-corrected chi connectivity index (χ4v) is 2.67. The van der Waals surface area contributed by atoms with E-state index in [2.05, 4.69) is 22.5 Å². The second-order valence-corrected chi connectivity index (χ2v) is 6.35. The molecule has 1 saturated heterocycles.